The predicted octanol–water partition coefficient (Wildman–Crippen LogP) is 5.52. The van der Waals surface area contributed by atoms with Crippen LogP contribution in [-0.2, 0) is 30.8 Å². The van der Waals surface area contributed by atoms with Gasteiger partial charge in [0.15, 0.2) is 17.4 Å². The number of carbonyl (C=O) groups is 4. The number of anilines is 1. The van der Waals surface area contributed by atoms with Gasteiger partial charge in [-0.3, -0.25) is 29.9 Å². The molecule has 0 bridgehead atoms. The molecular weight excluding hydrogens is 667 g/mol. The van der Waals surface area contributed by atoms with Crippen LogP contribution in [0.3, 0.4) is 0 Å². The highest BCUT2D eigenvalue weighted by Gasteiger charge is 2.70. The Bertz CT molecular complexity index is 1920. The van der Waals surface area contributed by atoms with Crippen molar-refractivity contribution >= 4 is 52.6 Å². The number of nitrogens with zero attached hydrogens (tertiary/aromatic N) is 2. The zero-order chi connectivity index (χ0) is 33.6. The lowest BCUT2D eigenvalue weighted by atomic mass is 9.49. The molecule has 3 heterocycles. The number of carbonyl (C=O) groups excluding carboxylic acids is 4. The van der Waals surface area contributed by atoms with Crippen LogP contribution in [0.5, 0.6) is 5.75 Å². The minimum absolute atomic E-state index is 0.0790. The van der Waals surface area contributed by atoms with E-state index >= 15 is 4.39 Å². The van der Waals surface area contributed by atoms with E-state index in [1.54, 1.807) is 18.2 Å². The maximum absolute atomic E-state index is 15.0. The highest BCUT2D eigenvalue weighted by Crippen LogP contribution is 2.64. The molecule has 3 fully saturated rings. The highest BCUT2D eigenvalue weighted by atomic mass is 35.5. The third kappa shape index (κ3) is 4.61. The summed E-state index contributed by atoms with van der Waals surface area (Å²) in [5.74, 6) is -9.35. The minimum atomic E-state index is -4.76. The highest BCUT2D eigenvalue weighted by molar-refractivity contribution is 6.33. The third-order valence-electron chi connectivity index (χ3n) is 9.71. The van der Waals surface area contributed by atoms with Crippen molar-refractivity contribution in [3.05, 3.63) is 98.9 Å². The van der Waals surface area contributed by atoms with Crippen molar-refractivity contribution in [3.63, 3.8) is 0 Å². The second kappa shape index (κ2) is 10.8. The van der Waals surface area contributed by atoms with Gasteiger partial charge in [-0.1, -0.05) is 53.1 Å². The van der Waals surface area contributed by atoms with Crippen molar-refractivity contribution in [1.82, 2.24) is 15.3 Å². The fourth-order valence-electron chi connectivity index (χ4n) is 7.77. The van der Waals surface area contributed by atoms with Crippen LogP contribution in [0.15, 0.2) is 66.4 Å². The maximum atomic E-state index is 15.0. The molecule has 0 radical (unpaired) electrons. The number of hydrazine groups is 1. The summed E-state index contributed by atoms with van der Waals surface area (Å²) in [5.41, 5.74) is 0.595. The summed E-state index contributed by atoms with van der Waals surface area (Å²) in [6.45, 7) is 0. The lowest BCUT2D eigenvalue weighted by Gasteiger charge is -2.50. The molecule has 2 aromatic carbocycles. The molecule has 47 heavy (non-hydrogen) atoms. The Hall–Kier alpha value is -4.49. The molecule has 3 aromatic rings. The van der Waals surface area contributed by atoms with Gasteiger partial charge in [-0.15, -0.1) is 0 Å². The fourth-order valence-corrected chi connectivity index (χ4v) is 8.11. The summed E-state index contributed by atoms with van der Waals surface area (Å²) >= 11 is 12.3. The van der Waals surface area contributed by atoms with Gasteiger partial charge in [-0.25, -0.2) is 9.37 Å². The molecule has 4 amide bonds. The molecular formula is C32H22Cl2F4N4O5. The van der Waals surface area contributed by atoms with Gasteiger partial charge in [-0.05, 0) is 60.2 Å². The van der Waals surface area contributed by atoms with E-state index in [1.807, 2.05) is 0 Å². The van der Waals surface area contributed by atoms with Crippen molar-refractivity contribution in [2.24, 2.45) is 23.7 Å². The van der Waals surface area contributed by atoms with E-state index in [4.69, 9.17) is 23.2 Å². The van der Waals surface area contributed by atoms with Gasteiger partial charge < -0.3 is 5.11 Å². The van der Waals surface area contributed by atoms with E-state index in [0.717, 1.165) is 12.1 Å². The number of alkyl halides is 3. The maximum Gasteiger partial charge on any atom is 0.417 e. The number of halogens is 6. The second-order valence-electron chi connectivity index (χ2n) is 12.0. The number of phenolic OH excluding ortho intramolecular Hbond substituents is 1. The molecule has 9 nitrogen and oxygen atoms in total. The quantitative estimate of drug-likeness (QED) is 0.187. The summed E-state index contributed by atoms with van der Waals surface area (Å²) in [5, 5.41) is 12.8. The van der Waals surface area contributed by atoms with Gasteiger partial charge in [0.25, 0.3) is 11.8 Å². The molecule has 0 spiro atoms. The Morgan fingerprint density at radius 3 is 2.38 bits per heavy atom. The lowest BCUT2D eigenvalue weighted by molar-refractivity contribution is -0.139. The number of pyridine rings is 1. The Balaban J connectivity index is 1.44. The van der Waals surface area contributed by atoms with Gasteiger partial charge in [-0.2, -0.15) is 18.2 Å². The minimum Gasteiger partial charge on any atom is -0.505 e. The summed E-state index contributed by atoms with van der Waals surface area (Å²) in [4.78, 5) is 58.9. The van der Waals surface area contributed by atoms with Gasteiger partial charge in [0.2, 0.25) is 11.8 Å². The number of amides is 4. The van der Waals surface area contributed by atoms with E-state index in [2.05, 4.69) is 15.7 Å². The first-order valence-corrected chi connectivity index (χ1v) is 15.2. The molecule has 15 heteroatoms. The van der Waals surface area contributed by atoms with Crippen LogP contribution in [0.25, 0.3) is 0 Å². The van der Waals surface area contributed by atoms with E-state index in [9.17, 15) is 37.5 Å². The number of aromatic nitrogens is 1. The third-order valence-corrected chi connectivity index (χ3v) is 10.2. The number of rotatable bonds is 4. The van der Waals surface area contributed by atoms with Crippen LogP contribution in [0.2, 0.25) is 10.0 Å². The van der Waals surface area contributed by atoms with Crippen LogP contribution in [0.1, 0.15) is 35.4 Å². The number of nitrogens with one attached hydrogen (secondary N) is 2. The van der Waals surface area contributed by atoms with E-state index in [-0.39, 0.29) is 18.4 Å². The van der Waals surface area contributed by atoms with Crippen molar-refractivity contribution in [3.8, 4) is 5.75 Å². The lowest BCUT2D eigenvalue weighted by Crippen LogP contribution is -2.53. The Kier molecular flexibility index (Phi) is 7.14. The van der Waals surface area contributed by atoms with Crippen molar-refractivity contribution < 1.29 is 41.8 Å². The number of aromatic hydroxyl groups is 1. The van der Waals surface area contributed by atoms with E-state index in [1.165, 1.54) is 18.2 Å². The number of allylic oxidation sites excluding steroid dienone is 2. The fraction of sp³-hybridized carbons (Fsp3) is 0.281. The SMILES string of the molecule is O=C1NC(=O)C2C1CC=C1C2CC2C(=O)N(Nc3ncc(C(F)(F)F)cc3Cl)C(=O)C2(c2ccc(Cl)cc2)C1c1ccc(O)c(F)c1. The monoisotopic (exact) mass is 688 g/mol. The summed E-state index contributed by atoms with van der Waals surface area (Å²) < 4.78 is 54.9. The molecule has 2 aliphatic heterocycles. The van der Waals surface area contributed by atoms with Gasteiger partial charge >= 0.3 is 6.18 Å². The topological polar surface area (TPSA) is 129 Å². The Morgan fingerprint density at radius 2 is 1.72 bits per heavy atom. The average Bonchev–Trinajstić information content (AvgIpc) is 3.43. The van der Waals surface area contributed by atoms with Crippen LogP contribution < -0.4 is 10.7 Å². The number of imide groups is 2. The van der Waals surface area contributed by atoms with Crippen LogP contribution in [0.4, 0.5) is 23.4 Å². The Morgan fingerprint density at radius 1 is 1.00 bits per heavy atom. The molecule has 2 aliphatic carbocycles. The number of benzene rings is 2. The van der Waals surface area contributed by atoms with Crippen molar-refractivity contribution in [2.45, 2.75) is 30.4 Å². The summed E-state index contributed by atoms with van der Waals surface area (Å²) in [7, 11) is 0. The number of hydrogen-bond donors (Lipinski definition) is 3. The number of phenols is 1. The van der Waals surface area contributed by atoms with Crippen LogP contribution in [0, 0.1) is 29.5 Å². The molecule has 7 rings (SSSR count). The first kappa shape index (κ1) is 31.1. The van der Waals surface area contributed by atoms with Gasteiger partial charge in [0.05, 0.1) is 33.8 Å². The predicted molar refractivity (Wildman–Crippen MR) is 158 cm³/mol. The molecule has 242 valence electrons. The first-order chi connectivity index (χ1) is 22.2. The molecule has 1 saturated carbocycles. The second-order valence-corrected chi connectivity index (χ2v) is 12.8. The zero-order valence-electron chi connectivity index (χ0n) is 23.8. The normalized spacial score (nSPS) is 28.4. The average molecular weight is 689 g/mol. The van der Waals surface area contributed by atoms with Gasteiger partial charge in [0, 0.05) is 17.1 Å². The largest absolute Gasteiger partial charge is 0.505 e. The Labute approximate surface area is 273 Å². The summed E-state index contributed by atoms with van der Waals surface area (Å²) in [6, 6.07) is 10.3. The molecule has 6 unspecified atom stereocenters. The molecule has 6 atom stereocenters. The van der Waals surface area contributed by atoms with Crippen LogP contribution >= 0.6 is 23.2 Å². The number of fused-ring (bicyclic) bond motifs is 4. The van der Waals surface area contributed by atoms with Crippen molar-refractivity contribution in [2.75, 3.05) is 5.43 Å². The van der Waals surface area contributed by atoms with Crippen molar-refractivity contribution in [1.29, 1.82) is 0 Å². The number of hydrogen-bond acceptors (Lipinski definition) is 7. The summed E-state index contributed by atoms with van der Waals surface area (Å²) in [6.07, 6.45) is -2.45. The standard InChI is InChI=1S/C32H22Cl2F4N4O5/c33-16-4-2-14(3-5-16)31-20(29(46)42(30(31)47)41-26-21(34)10-15(12-39-26)32(36,37)38)11-19-17(6-7-18-24(19)28(45)40-27(18)44)25(31)13-1-8-23(43)22(35)9-13/h1-6,8-10,12,18-20,24-25,43H,7,11H2,(H,39,41)(H,40,44,45). The van der Waals surface area contributed by atoms with Gasteiger partial charge in [0.1, 0.15) is 0 Å². The smallest absolute Gasteiger partial charge is 0.417 e. The van der Waals surface area contributed by atoms with E-state index < -0.39 is 92.8 Å². The zero-order valence-corrected chi connectivity index (χ0v) is 25.3. The molecule has 2 saturated heterocycles. The molecule has 3 N–H and O–H groups in total. The first-order valence-electron chi connectivity index (χ1n) is 14.4. The molecule has 4 aliphatic rings. The molecule has 1 aromatic heterocycles. The van der Waals surface area contributed by atoms with Crippen LogP contribution in [-0.4, -0.2) is 38.7 Å². The van der Waals surface area contributed by atoms with E-state index in [0.29, 0.717) is 33.4 Å².